The first-order valence-corrected chi connectivity index (χ1v) is 7.57. The Labute approximate surface area is 141 Å². The lowest BCUT2D eigenvalue weighted by Gasteiger charge is -2.42. The summed E-state index contributed by atoms with van der Waals surface area (Å²) in [7, 11) is 0. The zero-order chi connectivity index (χ0) is 18.0. The number of nitrogens with one attached hydrogen (secondary N) is 3. The average molecular weight is 353 g/mol. The molecule has 5 atom stereocenters. The number of hydrogen-bond donors (Lipinski definition) is 7. The Kier molecular flexibility index (Phi) is 5.06. The molecule has 3 heterocycles. The van der Waals surface area contributed by atoms with Gasteiger partial charge in [0.05, 0.1) is 25.5 Å². The Bertz CT molecular complexity index is 738. The minimum atomic E-state index is -1.40. The van der Waals surface area contributed by atoms with E-state index in [0.29, 0.717) is 17.0 Å². The molecule has 136 valence electrons. The highest BCUT2D eigenvalue weighted by Crippen LogP contribution is 2.24. The van der Waals surface area contributed by atoms with Crippen LogP contribution >= 0.6 is 0 Å². The normalized spacial score (nSPS) is 29.5. The Morgan fingerprint density at radius 2 is 2.12 bits per heavy atom. The van der Waals surface area contributed by atoms with E-state index in [-0.39, 0.29) is 6.54 Å². The summed E-state index contributed by atoms with van der Waals surface area (Å²) in [6, 6.07) is -1.01. The van der Waals surface area contributed by atoms with Gasteiger partial charge in [0.25, 0.3) is 0 Å². The summed E-state index contributed by atoms with van der Waals surface area (Å²) in [5, 5.41) is 35.4. The second-order valence-electron chi connectivity index (χ2n) is 5.52. The third-order valence-electron chi connectivity index (χ3n) is 3.94. The fraction of sp³-hybridized carbons (Fsp3) is 0.538. The summed E-state index contributed by atoms with van der Waals surface area (Å²) in [6.45, 7) is -0.779. The standard InChI is InChI=1S/C13H19N7O5/c14-1-6(22)19-7-5(2-21)25-13(10(24)9(7)23)20-12-8-11(16-3-15-8)17-4-18-12/h3-5,7,9-10,13,21,23-24H,1-2,14H2,(H,19,22)(H2,15,16,17,18,20)/t5-,7-,9+,10-,13-/m0/s1. The Hall–Kier alpha value is -2.38. The van der Waals surface area contributed by atoms with Crippen molar-refractivity contribution in [1.82, 2.24) is 25.3 Å². The molecule has 1 amide bonds. The summed E-state index contributed by atoms with van der Waals surface area (Å²) in [4.78, 5) is 26.3. The lowest BCUT2D eigenvalue weighted by Crippen LogP contribution is -2.66. The van der Waals surface area contributed by atoms with Crippen LogP contribution in [0.1, 0.15) is 0 Å². The number of anilines is 1. The van der Waals surface area contributed by atoms with E-state index >= 15 is 0 Å². The van der Waals surface area contributed by atoms with Crippen LogP contribution in [0.25, 0.3) is 11.2 Å². The molecule has 1 saturated heterocycles. The predicted molar refractivity (Wildman–Crippen MR) is 84.1 cm³/mol. The molecule has 0 aliphatic carbocycles. The van der Waals surface area contributed by atoms with E-state index in [2.05, 4.69) is 30.6 Å². The molecule has 12 heteroatoms. The SMILES string of the molecule is NCC(=O)N[C@@H]1[C@@H](O)[C@H](O)[C@@H](Nc2ncnc3nc[nH]c23)O[C@H]1CO. The second-order valence-corrected chi connectivity index (χ2v) is 5.52. The lowest BCUT2D eigenvalue weighted by molar-refractivity contribution is -0.185. The first kappa shape index (κ1) is 17.4. The van der Waals surface area contributed by atoms with Crippen molar-refractivity contribution >= 4 is 22.9 Å². The fourth-order valence-electron chi connectivity index (χ4n) is 2.67. The Balaban J connectivity index is 1.79. The number of H-pyrrole nitrogens is 1. The number of aromatic nitrogens is 4. The van der Waals surface area contributed by atoms with Crippen molar-refractivity contribution < 1.29 is 24.9 Å². The zero-order valence-electron chi connectivity index (χ0n) is 13.0. The monoisotopic (exact) mass is 353 g/mol. The van der Waals surface area contributed by atoms with Gasteiger partial charge in [-0.15, -0.1) is 0 Å². The molecular formula is C13H19N7O5. The molecule has 0 aromatic carbocycles. The summed E-state index contributed by atoms with van der Waals surface area (Å²) >= 11 is 0. The van der Waals surface area contributed by atoms with E-state index in [1.807, 2.05) is 0 Å². The number of hydrogen-bond acceptors (Lipinski definition) is 10. The number of nitrogens with two attached hydrogens (primary N) is 1. The number of aliphatic hydroxyl groups excluding tert-OH is 3. The number of fused-ring (bicyclic) bond motifs is 1. The highest BCUT2D eigenvalue weighted by atomic mass is 16.5. The summed E-state index contributed by atoms with van der Waals surface area (Å²) in [6.07, 6.45) is -2.11. The summed E-state index contributed by atoms with van der Waals surface area (Å²) in [5.41, 5.74) is 6.14. The quantitative estimate of drug-likeness (QED) is 0.286. The van der Waals surface area contributed by atoms with Crippen LogP contribution in [0.2, 0.25) is 0 Å². The number of amides is 1. The minimum absolute atomic E-state index is 0.294. The number of rotatable bonds is 5. The topological polar surface area (TPSA) is 192 Å². The maximum absolute atomic E-state index is 11.5. The number of carbonyl (C=O) groups excluding carboxylic acids is 1. The van der Waals surface area contributed by atoms with Crippen LogP contribution in [-0.4, -0.2) is 84.9 Å². The first-order chi connectivity index (χ1) is 12.0. The number of carbonyl (C=O) groups is 1. The molecule has 3 rings (SSSR count). The summed E-state index contributed by atoms with van der Waals surface area (Å²) in [5.74, 6) is -0.237. The van der Waals surface area contributed by atoms with Gasteiger partial charge in [-0.05, 0) is 0 Å². The third kappa shape index (κ3) is 3.38. The summed E-state index contributed by atoms with van der Waals surface area (Å²) < 4.78 is 5.58. The molecule has 1 aliphatic heterocycles. The van der Waals surface area contributed by atoms with Crippen LogP contribution in [0.15, 0.2) is 12.7 Å². The predicted octanol–water partition coefficient (Wildman–Crippen LogP) is -3.35. The highest BCUT2D eigenvalue weighted by molar-refractivity contribution is 5.82. The molecule has 0 saturated carbocycles. The molecule has 8 N–H and O–H groups in total. The van der Waals surface area contributed by atoms with E-state index in [9.17, 15) is 20.1 Å². The Morgan fingerprint density at radius 1 is 1.32 bits per heavy atom. The van der Waals surface area contributed by atoms with Crippen molar-refractivity contribution in [3.05, 3.63) is 12.7 Å². The van der Waals surface area contributed by atoms with Gasteiger partial charge in [-0.2, -0.15) is 0 Å². The van der Waals surface area contributed by atoms with E-state index in [4.69, 9.17) is 10.5 Å². The lowest BCUT2D eigenvalue weighted by atomic mass is 9.95. The minimum Gasteiger partial charge on any atom is -0.394 e. The number of nitrogens with zero attached hydrogens (tertiary/aromatic N) is 3. The van der Waals surface area contributed by atoms with Gasteiger partial charge in [-0.1, -0.05) is 0 Å². The molecule has 2 aromatic rings. The number of ether oxygens (including phenoxy) is 1. The van der Waals surface area contributed by atoms with Crippen LogP contribution in [0, 0.1) is 0 Å². The van der Waals surface area contributed by atoms with Gasteiger partial charge in [0.15, 0.2) is 17.7 Å². The number of aliphatic hydroxyl groups is 3. The fourth-order valence-corrected chi connectivity index (χ4v) is 2.67. The smallest absolute Gasteiger partial charge is 0.234 e. The molecule has 12 nitrogen and oxygen atoms in total. The van der Waals surface area contributed by atoms with Gasteiger partial charge in [0.2, 0.25) is 5.91 Å². The molecule has 2 aromatic heterocycles. The van der Waals surface area contributed by atoms with Gasteiger partial charge in [-0.3, -0.25) is 4.79 Å². The molecule has 25 heavy (non-hydrogen) atoms. The van der Waals surface area contributed by atoms with Crippen molar-refractivity contribution in [3.63, 3.8) is 0 Å². The van der Waals surface area contributed by atoms with E-state index in [1.54, 1.807) is 0 Å². The van der Waals surface area contributed by atoms with Crippen LogP contribution in [0.3, 0.4) is 0 Å². The third-order valence-corrected chi connectivity index (χ3v) is 3.94. The van der Waals surface area contributed by atoms with Crippen LogP contribution in [0.5, 0.6) is 0 Å². The number of aromatic amines is 1. The van der Waals surface area contributed by atoms with Gasteiger partial charge in [0.1, 0.15) is 30.2 Å². The molecule has 1 aliphatic rings. The van der Waals surface area contributed by atoms with Gasteiger partial charge in [0, 0.05) is 0 Å². The molecule has 0 radical (unpaired) electrons. The van der Waals surface area contributed by atoms with Crippen molar-refractivity contribution in [2.45, 2.75) is 30.6 Å². The maximum Gasteiger partial charge on any atom is 0.234 e. The first-order valence-electron chi connectivity index (χ1n) is 7.57. The molecule has 0 spiro atoms. The van der Waals surface area contributed by atoms with E-state index in [0.717, 1.165) is 0 Å². The maximum atomic E-state index is 11.5. The van der Waals surface area contributed by atoms with Crippen molar-refractivity contribution in [1.29, 1.82) is 0 Å². The highest BCUT2D eigenvalue weighted by Gasteiger charge is 2.45. The van der Waals surface area contributed by atoms with Crippen molar-refractivity contribution in [3.8, 4) is 0 Å². The van der Waals surface area contributed by atoms with E-state index < -0.39 is 43.1 Å². The van der Waals surface area contributed by atoms with Gasteiger partial charge in [-0.25, -0.2) is 15.0 Å². The van der Waals surface area contributed by atoms with Gasteiger partial charge >= 0.3 is 0 Å². The van der Waals surface area contributed by atoms with Crippen LogP contribution in [0.4, 0.5) is 5.82 Å². The molecule has 1 fully saturated rings. The van der Waals surface area contributed by atoms with Crippen LogP contribution < -0.4 is 16.4 Å². The van der Waals surface area contributed by atoms with Crippen LogP contribution in [-0.2, 0) is 9.53 Å². The zero-order valence-corrected chi connectivity index (χ0v) is 13.0. The number of imidazole rings is 1. The second kappa shape index (κ2) is 7.25. The van der Waals surface area contributed by atoms with E-state index in [1.165, 1.54) is 12.7 Å². The molecule has 0 unspecified atom stereocenters. The average Bonchev–Trinajstić information content (AvgIpc) is 3.10. The van der Waals surface area contributed by atoms with Crippen molar-refractivity contribution in [2.75, 3.05) is 18.5 Å². The molecule has 0 bridgehead atoms. The largest absolute Gasteiger partial charge is 0.394 e. The van der Waals surface area contributed by atoms with Gasteiger partial charge < -0.3 is 41.4 Å². The van der Waals surface area contributed by atoms with Crippen molar-refractivity contribution in [2.24, 2.45) is 5.73 Å². The molecular weight excluding hydrogens is 334 g/mol. The Morgan fingerprint density at radius 3 is 2.84 bits per heavy atom.